The van der Waals surface area contributed by atoms with E-state index in [4.69, 9.17) is 4.42 Å². The van der Waals surface area contributed by atoms with Crippen molar-refractivity contribution in [3.05, 3.63) is 22.9 Å². The molecule has 0 spiro atoms. The van der Waals surface area contributed by atoms with Crippen LogP contribution in [0.2, 0.25) is 0 Å². The largest absolute Gasteiger partial charge is 0.465 e. The van der Waals surface area contributed by atoms with E-state index in [1.54, 1.807) is 19.1 Å². The van der Waals surface area contributed by atoms with Gasteiger partial charge in [0.1, 0.15) is 4.88 Å². The Labute approximate surface area is 89.7 Å². The fourth-order valence-corrected chi connectivity index (χ4v) is 1.90. The van der Waals surface area contributed by atoms with E-state index in [9.17, 15) is 4.79 Å². The lowest BCUT2D eigenvalue weighted by molar-refractivity contribution is 0.0606. The molecule has 78 valence electrons. The first-order valence-corrected chi connectivity index (χ1v) is 5.01. The highest BCUT2D eigenvalue weighted by atomic mass is 32.1. The molecule has 0 radical (unpaired) electrons. The predicted molar refractivity (Wildman–Crippen MR) is 53.7 cm³/mol. The molecule has 6 heteroatoms. The molecule has 0 aliphatic heterocycles. The Morgan fingerprint density at radius 1 is 1.47 bits per heavy atom. The van der Waals surface area contributed by atoms with Gasteiger partial charge in [-0.2, -0.15) is 0 Å². The number of esters is 1. The second-order valence-corrected chi connectivity index (χ2v) is 3.87. The number of rotatable bonds is 2. The number of ether oxygens (including phenoxy) is 1. The Morgan fingerprint density at radius 3 is 2.87 bits per heavy atom. The third-order valence-corrected chi connectivity index (χ3v) is 2.78. The van der Waals surface area contributed by atoms with Crippen LogP contribution in [0.25, 0.3) is 10.8 Å². The first kappa shape index (κ1) is 9.85. The van der Waals surface area contributed by atoms with Crippen molar-refractivity contribution < 1.29 is 13.9 Å². The Kier molecular flexibility index (Phi) is 2.51. The van der Waals surface area contributed by atoms with Gasteiger partial charge >= 0.3 is 5.97 Å². The monoisotopic (exact) mass is 224 g/mol. The van der Waals surface area contributed by atoms with Crippen LogP contribution in [0.3, 0.4) is 0 Å². The number of nitrogens with zero attached hydrogens (tertiary/aromatic N) is 2. The Morgan fingerprint density at radius 2 is 2.27 bits per heavy atom. The van der Waals surface area contributed by atoms with Gasteiger partial charge in [-0.25, -0.2) is 4.79 Å². The van der Waals surface area contributed by atoms with E-state index in [1.807, 2.05) is 0 Å². The molecule has 0 aliphatic carbocycles. The highest BCUT2D eigenvalue weighted by Gasteiger charge is 2.13. The molecule has 0 N–H and O–H groups in total. The van der Waals surface area contributed by atoms with Gasteiger partial charge in [-0.3, -0.25) is 0 Å². The number of methoxy groups -OCH3 is 1. The lowest BCUT2D eigenvalue weighted by atomic mass is 10.4. The SMILES string of the molecule is COC(=O)c1ccc(-c2nnc(C)o2)s1. The van der Waals surface area contributed by atoms with Gasteiger partial charge in [-0.15, -0.1) is 21.5 Å². The molecule has 0 bridgehead atoms. The number of aromatic nitrogens is 2. The van der Waals surface area contributed by atoms with E-state index in [0.29, 0.717) is 16.7 Å². The summed E-state index contributed by atoms with van der Waals surface area (Å²) in [5.74, 6) is 0.563. The van der Waals surface area contributed by atoms with E-state index in [1.165, 1.54) is 18.4 Å². The molecule has 0 amide bonds. The molecule has 0 saturated carbocycles. The predicted octanol–water partition coefficient (Wildman–Crippen LogP) is 1.89. The van der Waals surface area contributed by atoms with Gasteiger partial charge in [0.25, 0.3) is 5.89 Å². The minimum Gasteiger partial charge on any atom is -0.465 e. The van der Waals surface area contributed by atoms with Gasteiger partial charge in [-0.1, -0.05) is 0 Å². The fourth-order valence-electron chi connectivity index (χ4n) is 1.06. The smallest absolute Gasteiger partial charge is 0.348 e. The first-order valence-electron chi connectivity index (χ1n) is 4.19. The van der Waals surface area contributed by atoms with Crippen LogP contribution in [0, 0.1) is 6.92 Å². The molecule has 2 aromatic heterocycles. The second-order valence-electron chi connectivity index (χ2n) is 2.78. The van der Waals surface area contributed by atoms with Crippen LogP contribution >= 0.6 is 11.3 Å². The van der Waals surface area contributed by atoms with Crippen LogP contribution < -0.4 is 0 Å². The fraction of sp³-hybridized carbons (Fsp3) is 0.222. The van der Waals surface area contributed by atoms with Crippen molar-refractivity contribution in [2.24, 2.45) is 0 Å². The summed E-state index contributed by atoms with van der Waals surface area (Å²) < 4.78 is 9.83. The molecule has 0 atom stereocenters. The minimum atomic E-state index is -0.359. The Hall–Kier alpha value is -1.69. The molecule has 0 fully saturated rings. The van der Waals surface area contributed by atoms with Crippen LogP contribution in [-0.4, -0.2) is 23.3 Å². The third kappa shape index (κ3) is 1.89. The summed E-state index contributed by atoms with van der Waals surface area (Å²) in [6.07, 6.45) is 0. The van der Waals surface area contributed by atoms with Crippen molar-refractivity contribution in [3.63, 3.8) is 0 Å². The van der Waals surface area contributed by atoms with Crippen LogP contribution in [0.1, 0.15) is 15.6 Å². The highest BCUT2D eigenvalue weighted by molar-refractivity contribution is 7.17. The summed E-state index contributed by atoms with van der Waals surface area (Å²) in [4.78, 5) is 12.5. The highest BCUT2D eigenvalue weighted by Crippen LogP contribution is 2.27. The van der Waals surface area contributed by atoms with Gasteiger partial charge in [0.15, 0.2) is 0 Å². The molecule has 0 saturated heterocycles. The van der Waals surface area contributed by atoms with E-state index in [0.717, 1.165) is 4.88 Å². The zero-order valence-corrected chi connectivity index (χ0v) is 9.00. The van der Waals surface area contributed by atoms with Crippen LogP contribution in [-0.2, 0) is 4.74 Å². The molecule has 2 aromatic rings. The maximum atomic E-state index is 11.2. The van der Waals surface area contributed by atoms with Crippen LogP contribution in [0.5, 0.6) is 0 Å². The molecular weight excluding hydrogens is 216 g/mol. The van der Waals surface area contributed by atoms with Crippen LogP contribution in [0.15, 0.2) is 16.5 Å². The van der Waals surface area contributed by atoms with E-state index in [-0.39, 0.29) is 5.97 Å². The van der Waals surface area contributed by atoms with Crippen molar-refractivity contribution in [3.8, 4) is 10.8 Å². The lowest BCUT2D eigenvalue weighted by Gasteiger charge is -1.91. The number of hydrogen-bond donors (Lipinski definition) is 0. The maximum absolute atomic E-state index is 11.2. The van der Waals surface area contributed by atoms with Gasteiger partial charge < -0.3 is 9.15 Å². The molecule has 5 nitrogen and oxygen atoms in total. The first-order chi connectivity index (χ1) is 7.20. The van der Waals surface area contributed by atoms with Crippen molar-refractivity contribution in [2.45, 2.75) is 6.92 Å². The average Bonchev–Trinajstić information content (AvgIpc) is 2.84. The van der Waals surface area contributed by atoms with Gasteiger partial charge in [0.2, 0.25) is 5.89 Å². The summed E-state index contributed by atoms with van der Waals surface area (Å²) in [6, 6.07) is 3.43. The van der Waals surface area contributed by atoms with E-state index < -0.39 is 0 Å². The molecule has 15 heavy (non-hydrogen) atoms. The Bertz CT molecular complexity index is 489. The zero-order valence-electron chi connectivity index (χ0n) is 8.18. The molecule has 0 aromatic carbocycles. The van der Waals surface area contributed by atoms with Crippen molar-refractivity contribution >= 4 is 17.3 Å². The summed E-state index contributed by atoms with van der Waals surface area (Å²) >= 11 is 1.26. The maximum Gasteiger partial charge on any atom is 0.348 e. The van der Waals surface area contributed by atoms with E-state index >= 15 is 0 Å². The van der Waals surface area contributed by atoms with Crippen LogP contribution in [0.4, 0.5) is 0 Å². The number of thiophene rings is 1. The molecule has 0 aliphatic rings. The van der Waals surface area contributed by atoms with E-state index in [2.05, 4.69) is 14.9 Å². The summed E-state index contributed by atoms with van der Waals surface area (Å²) in [5.41, 5.74) is 0. The number of carbonyl (C=O) groups is 1. The third-order valence-electron chi connectivity index (χ3n) is 1.73. The number of aryl methyl sites for hydroxylation is 1. The number of carbonyl (C=O) groups excluding carboxylic acids is 1. The lowest BCUT2D eigenvalue weighted by Crippen LogP contribution is -1.96. The normalized spacial score (nSPS) is 10.3. The van der Waals surface area contributed by atoms with Gasteiger partial charge in [0, 0.05) is 6.92 Å². The molecule has 2 heterocycles. The van der Waals surface area contributed by atoms with Gasteiger partial charge in [0.05, 0.1) is 12.0 Å². The topological polar surface area (TPSA) is 65.2 Å². The van der Waals surface area contributed by atoms with Gasteiger partial charge in [-0.05, 0) is 12.1 Å². The molecule has 2 rings (SSSR count). The van der Waals surface area contributed by atoms with Crippen molar-refractivity contribution in [2.75, 3.05) is 7.11 Å². The quantitative estimate of drug-likeness (QED) is 0.729. The number of hydrogen-bond acceptors (Lipinski definition) is 6. The van der Waals surface area contributed by atoms with Crippen molar-refractivity contribution in [1.82, 2.24) is 10.2 Å². The minimum absolute atomic E-state index is 0.359. The Balaban J connectivity index is 2.31. The summed E-state index contributed by atoms with van der Waals surface area (Å²) in [6.45, 7) is 1.71. The summed E-state index contributed by atoms with van der Waals surface area (Å²) in [5, 5.41) is 7.57. The molecule has 0 unspecified atom stereocenters. The zero-order chi connectivity index (χ0) is 10.8. The standard InChI is InChI=1S/C9H8N2O3S/c1-5-10-11-8(14-5)6-3-4-7(15-6)9(12)13-2/h3-4H,1-2H3. The van der Waals surface area contributed by atoms with Crippen molar-refractivity contribution in [1.29, 1.82) is 0 Å². The second kappa shape index (κ2) is 3.82. The average molecular weight is 224 g/mol. The summed E-state index contributed by atoms with van der Waals surface area (Å²) in [7, 11) is 1.35. The molecular formula is C9H8N2O3S.